The molecule has 4 heteroatoms. The number of hydrogen-bond acceptors (Lipinski definition) is 3. The highest BCUT2D eigenvalue weighted by Crippen LogP contribution is 1.88. The highest BCUT2D eigenvalue weighted by atomic mass is 16.1. The van der Waals surface area contributed by atoms with Gasteiger partial charge in [0, 0.05) is 6.42 Å². The Labute approximate surface area is 52.3 Å². The number of aryl methyl sites for hydroxylation is 1. The lowest BCUT2D eigenvalue weighted by Gasteiger charge is -1.78. The molecule has 0 amide bonds. The maximum absolute atomic E-state index is 9.99. The molecule has 1 N–H and O–H groups in total. The van der Waals surface area contributed by atoms with E-state index in [-0.39, 0.29) is 5.82 Å². The molecule has 0 aromatic carbocycles. The zero-order chi connectivity index (χ0) is 6.69. The number of carbonyl (C=O) groups excluding carboxylic acids is 1. The minimum absolute atomic E-state index is 0.229. The molecule has 0 aliphatic heterocycles. The summed E-state index contributed by atoms with van der Waals surface area (Å²) in [7, 11) is 0. The second kappa shape index (κ2) is 2.39. The van der Waals surface area contributed by atoms with Gasteiger partial charge in [0.15, 0.2) is 6.29 Å². The van der Waals surface area contributed by atoms with E-state index in [2.05, 4.69) is 15.2 Å². The van der Waals surface area contributed by atoms with Gasteiger partial charge in [0.1, 0.15) is 5.82 Å². The summed E-state index contributed by atoms with van der Waals surface area (Å²) in [4.78, 5) is 13.8. The van der Waals surface area contributed by atoms with Crippen molar-refractivity contribution in [3.8, 4) is 0 Å². The molecule has 1 heterocycles. The summed E-state index contributed by atoms with van der Waals surface area (Å²) in [5.74, 6) is 0.976. The van der Waals surface area contributed by atoms with Gasteiger partial charge in [-0.3, -0.25) is 9.89 Å². The first-order chi connectivity index (χ1) is 4.36. The lowest BCUT2D eigenvalue weighted by atomic mass is 10.5. The van der Waals surface area contributed by atoms with E-state index in [1.54, 1.807) is 0 Å². The van der Waals surface area contributed by atoms with E-state index in [9.17, 15) is 4.79 Å². The van der Waals surface area contributed by atoms with Crippen LogP contribution in [0.4, 0.5) is 0 Å². The van der Waals surface area contributed by atoms with Crippen molar-refractivity contribution in [1.82, 2.24) is 15.2 Å². The lowest BCUT2D eigenvalue weighted by molar-refractivity contribution is 0.111. The molecule has 0 spiro atoms. The Kier molecular flexibility index (Phi) is 1.58. The summed E-state index contributed by atoms with van der Waals surface area (Å²) < 4.78 is 0. The fourth-order valence-corrected chi connectivity index (χ4v) is 0.521. The molecule has 0 fully saturated rings. The number of aromatic amines is 1. The number of rotatable bonds is 2. The maximum Gasteiger partial charge on any atom is 0.214 e. The number of H-pyrrole nitrogens is 1. The van der Waals surface area contributed by atoms with Crippen molar-refractivity contribution >= 4 is 6.29 Å². The minimum Gasteiger partial charge on any atom is -0.294 e. The molecule has 1 aromatic heterocycles. The average molecular weight is 125 g/mol. The number of nitrogens with one attached hydrogen (secondary N) is 1. The Morgan fingerprint density at radius 3 is 2.89 bits per heavy atom. The van der Waals surface area contributed by atoms with Gasteiger partial charge in [-0.05, 0) is 0 Å². The summed E-state index contributed by atoms with van der Waals surface area (Å²) in [6.07, 6.45) is 1.40. The standard InChI is InChI=1S/C5H7N3O/c1-2-4-6-5(3-9)8-7-4/h3H,2H2,1H3,(H,6,7,8). The van der Waals surface area contributed by atoms with Crippen LogP contribution >= 0.6 is 0 Å². The topological polar surface area (TPSA) is 58.6 Å². The molecule has 0 aliphatic carbocycles. The molecule has 9 heavy (non-hydrogen) atoms. The van der Waals surface area contributed by atoms with Crippen molar-refractivity contribution in [3.05, 3.63) is 11.6 Å². The summed E-state index contributed by atoms with van der Waals surface area (Å²) in [6.45, 7) is 1.94. The van der Waals surface area contributed by atoms with Crippen LogP contribution in [0.25, 0.3) is 0 Å². The van der Waals surface area contributed by atoms with Crippen LogP contribution < -0.4 is 0 Å². The highest BCUT2D eigenvalue weighted by Gasteiger charge is 1.96. The first kappa shape index (κ1) is 5.94. The minimum atomic E-state index is 0.229. The third-order valence-corrected chi connectivity index (χ3v) is 0.989. The first-order valence-electron chi connectivity index (χ1n) is 2.73. The Morgan fingerprint density at radius 1 is 1.78 bits per heavy atom. The van der Waals surface area contributed by atoms with Crippen molar-refractivity contribution in [1.29, 1.82) is 0 Å². The molecule has 0 radical (unpaired) electrons. The second-order valence-corrected chi connectivity index (χ2v) is 1.61. The molecule has 4 nitrogen and oxygen atoms in total. The highest BCUT2D eigenvalue weighted by molar-refractivity contribution is 5.68. The maximum atomic E-state index is 9.99. The van der Waals surface area contributed by atoms with Crippen LogP contribution in [0, 0.1) is 0 Å². The Balaban J connectivity index is 2.86. The lowest BCUT2D eigenvalue weighted by Crippen LogP contribution is -1.82. The van der Waals surface area contributed by atoms with Gasteiger partial charge in [-0.2, -0.15) is 5.10 Å². The molecule has 1 rings (SSSR count). The molecule has 0 bridgehead atoms. The van der Waals surface area contributed by atoms with Gasteiger partial charge >= 0.3 is 0 Å². The third kappa shape index (κ3) is 1.13. The van der Waals surface area contributed by atoms with Gasteiger partial charge in [-0.1, -0.05) is 6.92 Å². The Hall–Kier alpha value is -1.19. The van der Waals surface area contributed by atoms with Crippen LogP contribution in [0.5, 0.6) is 0 Å². The van der Waals surface area contributed by atoms with Gasteiger partial charge in [-0.15, -0.1) is 0 Å². The molecule has 0 saturated carbocycles. The Bertz CT molecular complexity index is 206. The van der Waals surface area contributed by atoms with Crippen LogP contribution in [0.15, 0.2) is 0 Å². The van der Waals surface area contributed by atoms with E-state index in [1.165, 1.54) is 0 Å². The van der Waals surface area contributed by atoms with Gasteiger partial charge in [0.05, 0.1) is 0 Å². The molecule has 0 aliphatic rings. The van der Waals surface area contributed by atoms with Crippen LogP contribution in [0.1, 0.15) is 23.4 Å². The molecule has 1 aromatic rings. The molecular weight excluding hydrogens is 118 g/mol. The number of aromatic nitrogens is 3. The van der Waals surface area contributed by atoms with Gasteiger partial charge in [0.2, 0.25) is 5.82 Å². The number of nitrogens with zero attached hydrogens (tertiary/aromatic N) is 2. The molecule has 0 saturated heterocycles. The molecule has 0 unspecified atom stereocenters. The van der Waals surface area contributed by atoms with E-state index in [0.29, 0.717) is 6.29 Å². The monoisotopic (exact) mass is 125 g/mol. The third-order valence-electron chi connectivity index (χ3n) is 0.989. The van der Waals surface area contributed by atoms with Crippen molar-refractivity contribution in [2.24, 2.45) is 0 Å². The normalized spacial score (nSPS) is 9.44. The van der Waals surface area contributed by atoms with Gasteiger partial charge < -0.3 is 0 Å². The fourth-order valence-electron chi connectivity index (χ4n) is 0.521. The molecular formula is C5H7N3O. The first-order valence-corrected chi connectivity index (χ1v) is 2.73. The predicted octanol–water partition coefficient (Wildman–Crippen LogP) is 0.180. The smallest absolute Gasteiger partial charge is 0.214 e. The Morgan fingerprint density at radius 2 is 2.56 bits per heavy atom. The SMILES string of the molecule is CCc1nc(C=O)n[nH]1. The molecule has 0 atom stereocenters. The summed E-state index contributed by atoms with van der Waals surface area (Å²) >= 11 is 0. The largest absolute Gasteiger partial charge is 0.294 e. The van der Waals surface area contributed by atoms with Gasteiger partial charge in [0.25, 0.3) is 0 Å². The zero-order valence-electron chi connectivity index (χ0n) is 5.09. The van der Waals surface area contributed by atoms with Crippen LogP contribution in [0.3, 0.4) is 0 Å². The van der Waals surface area contributed by atoms with E-state index >= 15 is 0 Å². The van der Waals surface area contributed by atoms with Crippen molar-refractivity contribution < 1.29 is 4.79 Å². The second-order valence-electron chi connectivity index (χ2n) is 1.61. The van der Waals surface area contributed by atoms with E-state index in [4.69, 9.17) is 0 Å². The average Bonchev–Trinajstić information content (AvgIpc) is 2.34. The fraction of sp³-hybridized carbons (Fsp3) is 0.400. The summed E-state index contributed by atoms with van der Waals surface area (Å²) in [6, 6.07) is 0. The van der Waals surface area contributed by atoms with Crippen LogP contribution in [-0.4, -0.2) is 21.5 Å². The van der Waals surface area contributed by atoms with E-state index in [1.807, 2.05) is 6.92 Å². The predicted molar refractivity (Wildman–Crippen MR) is 31.1 cm³/mol. The van der Waals surface area contributed by atoms with Gasteiger partial charge in [-0.25, -0.2) is 4.98 Å². The van der Waals surface area contributed by atoms with Crippen molar-refractivity contribution in [2.75, 3.05) is 0 Å². The molecule has 48 valence electrons. The number of aldehydes is 1. The van der Waals surface area contributed by atoms with Crippen LogP contribution in [-0.2, 0) is 6.42 Å². The quantitative estimate of drug-likeness (QED) is 0.573. The van der Waals surface area contributed by atoms with Crippen molar-refractivity contribution in [3.63, 3.8) is 0 Å². The van der Waals surface area contributed by atoms with E-state index < -0.39 is 0 Å². The summed E-state index contributed by atoms with van der Waals surface area (Å²) in [5.41, 5.74) is 0. The van der Waals surface area contributed by atoms with E-state index in [0.717, 1.165) is 12.2 Å². The van der Waals surface area contributed by atoms with Crippen LogP contribution in [0.2, 0.25) is 0 Å². The summed E-state index contributed by atoms with van der Waals surface area (Å²) in [5, 5.41) is 6.22. The van der Waals surface area contributed by atoms with Crippen molar-refractivity contribution in [2.45, 2.75) is 13.3 Å². The number of hydrogen-bond donors (Lipinski definition) is 1. The number of carbonyl (C=O) groups is 1. The zero-order valence-corrected chi connectivity index (χ0v) is 5.09.